The molecule has 2 aromatic rings. The molecule has 0 radical (unpaired) electrons. The highest BCUT2D eigenvalue weighted by atomic mass is 32.2. The summed E-state index contributed by atoms with van der Waals surface area (Å²) in [5, 5.41) is 0. The van der Waals surface area contributed by atoms with E-state index in [1.165, 1.54) is 48.2 Å². The van der Waals surface area contributed by atoms with Crippen molar-refractivity contribution in [2.24, 2.45) is 0 Å². The van der Waals surface area contributed by atoms with Gasteiger partial charge in [-0.25, -0.2) is 13.2 Å². The minimum Gasteiger partial charge on any atom is -0.396 e. The van der Waals surface area contributed by atoms with Crippen LogP contribution in [0.1, 0.15) is 19.4 Å². The Morgan fingerprint density at radius 1 is 0.950 bits per heavy atom. The summed E-state index contributed by atoms with van der Waals surface area (Å²) >= 11 is 1.22. The Kier molecular flexibility index (Phi) is 3.99. The van der Waals surface area contributed by atoms with Crippen molar-refractivity contribution in [2.75, 3.05) is 5.73 Å². The molecule has 0 saturated heterocycles. The molecule has 106 valence electrons. The lowest BCUT2D eigenvalue weighted by Gasteiger charge is -2.25. The molecule has 0 spiro atoms. The Morgan fingerprint density at radius 3 is 2.10 bits per heavy atom. The predicted molar refractivity (Wildman–Crippen MR) is 76.1 cm³/mol. The second-order valence-electron chi connectivity index (χ2n) is 4.89. The summed E-state index contributed by atoms with van der Waals surface area (Å²) in [7, 11) is 0. The van der Waals surface area contributed by atoms with Gasteiger partial charge in [-0.3, -0.25) is 0 Å². The van der Waals surface area contributed by atoms with E-state index in [2.05, 4.69) is 0 Å². The molecule has 0 amide bonds. The van der Waals surface area contributed by atoms with Crippen molar-refractivity contribution in [3.63, 3.8) is 0 Å². The van der Waals surface area contributed by atoms with Gasteiger partial charge in [-0.1, -0.05) is 6.07 Å². The summed E-state index contributed by atoms with van der Waals surface area (Å²) in [5.41, 5.74) is 5.51. The fraction of sp³-hybridized carbons (Fsp3) is 0.200. The topological polar surface area (TPSA) is 26.0 Å². The predicted octanol–water partition coefficient (Wildman–Crippen LogP) is 4.71. The lowest BCUT2D eigenvalue weighted by Crippen LogP contribution is -2.16. The lowest BCUT2D eigenvalue weighted by molar-refractivity contribution is 0.529. The summed E-state index contributed by atoms with van der Waals surface area (Å²) in [6.07, 6.45) is 0. The highest BCUT2D eigenvalue weighted by molar-refractivity contribution is 8.00. The van der Waals surface area contributed by atoms with E-state index in [1.807, 2.05) is 0 Å². The van der Waals surface area contributed by atoms with Crippen LogP contribution >= 0.6 is 11.8 Å². The van der Waals surface area contributed by atoms with E-state index >= 15 is 0 Å². The molecule has 0 aromatic heterocycles. The number of hydrogen-bond acceptors (Lipinski definition) is 2. The Hall–Kier alpha value is -1.62. The maximum absolute atomic E-state index is 13.9. The normalized spacial score (nSPS) is 11.7. The molecule has 0 aliphatic rings. The molecule has 0 unspecified atom stereocenters. The Bertz CT molecular complexity index is 621. The average molecular weight is 297 g/mol. The number of benzene rings is 2. The van der Waals surface area contributed by atoms with Crippen LogP contribution in [0.4, 0.5) is 18.9 Å². The molecule has 2 rings (SSSR count). The quantitative estimate of drug-likeness (QED) is 0.655. The fourth-order valence-corrected chi connectivity index (χ4v) is 3.21. The largest absolute Gasteiger partial charge is 0.396 e. The van der Waals surface area contributed by atoms with Crippen molar-refractivity contribution in [1.29, 1.82) is 0 Å². The number of nitrogen functional groups attached to an aromatic ring is 1. The maximum Gasteiger partial charge on any atom is 0.146 e. The SMILES string of the molecule is CC(C)(Sc1ccc(F)c(N)c1)c1c(F)cccc1F. The fourth-order valence-electron chi connectivity index (χ4n) is 2.00. The van der Waals surface area contributed by atoms with Gasteiger partial charge in [0.2, 0.25) is 0 Å². The smallest absolute Gasteiger partial charge is 0.146 e. The van der Waals surface area contributed by atoms with Crippen LogP contribution in [0.25, 0.3) is 0 Å². The Balaban J connectivity index is 2.37. The van der Waals surface area contributed by atoms with Crippen LogP contribution in [-0.2, 0) is 4.75 Å². The average Bonchev–Trinajstić information content (AvgIpc) is 2.33. The van der Waals surface area contributed by atoms with Crippen molar-refractivity contribution in [3.8, 4) is 0 Å². The zero-order chi connectivity index (χ0) is 14.9. The van der Waals surface area contributed by atoms with Gasteiger partial charge in [0.1, 0.15) is 17.5 Å². The second kappa shape index (κ2) is 5.40. The Labute approximate surface area is 120 Å². The molecular weight excluding hydrogens is 283 g/mol. The van der Waals surface area contributed by atoms with E-state index in [1.54, 1.807) is 13.8 Å². The van der Waals surface area contributed by atoms with E-state index in [9.17, 15) is 13.2 Å². The third kappa shape index (κ3) is 2.93. The summed E-state index contributed by atoms with van der Waals surface area (Å²) in [4.78, 5) is 0.650. The molecule has 2 aromatic carbocycles. The molecule has 0 fully saturated rings. The van der Waals surface area contributed by atoms with Crippen LogP contribution < -0.4 is 5.73 Å². The molecule has 0 aliphatic carbocycles. The number of rotatable bonds is 3. The van der Waals surface area contributed by atoms with Gasteiger partial charge in [-0.05, 0) is 44.2 Å². The van der Waals surface area contributed by atoms with Crippen molar-refractivity contribution in [1.82, 2.24) is 0 Å². The molecule has 20 heavy (non-hydrogen) atoms. The molecule has 0 aliphatic heterocycles. The summed E-state index contributed by atoms with van der Waals surface area (Å²) in [5.74, 6) is -1.71. The molecular formula is C15H14F3NS. The van der Waals surface area contributed by atoms with Gasteiger partial charge >= 0.3 is 0 Å². The van der Waals surface area contributed by atoms with Crippen LogP contribution in [0.3, 0.4) is 0 Å². The number of nitrogens with two attached hydrogens (primary N) is 1. The van der Waals surface area contributed by atoms with Crippen molar-refractivity contribution in [2.45, 2.75) is 23.5 Å². The minimum absolute atomic E-state index is 0.00658. The van der Waals surface area contributed by atoms with Gasteiger partial charge in [0.25, 0.3) is 0 Å². The van der Waals surface area contributed by atoms with Gasteiger partial charge < -0.3 is 5.73 Å². The first-order chi connectivity index (χ1) is 9.31. The first-order valence-corrected chi connectivity index (χ1v) is 6.81. The molecule has 0 heterocycles. The number of halogens is 3. The molecule has 2 N–H and O–H groups in total. The van der Waals surface area contributed by atoms with Gasteiger partial charge in [0.15, 0.2) is 0 Å². The summed E-state index contributed by atoms with van der Waals surface area (Å²) in [6.45, 7) is 3.41. The highest BCUT2D eigenvalue weighted by Gasteiger charge is 2.29. The van der Waals surface area contributed by atoms with Crippen LogP contribution in [0, 0.1) is 17.5 Å². The molecule has 0 bridgehead atoms. The number of anilines is 1. The van der Waals surface area contributed by atoms with Gasteiger partial charge in [-0.15, -0.1) is 11.8 Å². The van der Waals surface area contributed by atoms with Crippen molar-refractivity contribution in [3.05, 3.63) is 59.4 Å². The third-order valence-corrected chi connectivity index (χ3v) is 4.11. The number of hydrogen-bond donors (Lipinski definition) is 1. The van der Waals surface area contributed by atoms with E-state index < -0.39 is 22.2 Å². The van der Waals surface area contributed by atoms with Crippen LogP contribution in [0.15, 0.2) is 41.3 Å². The zero-order valence-electron chi connectivity index (χ0n) is 11.1. The Morgan fingerprint density at radius 2 is 1.55 bits per heavy atom. The summed E-state index contributed by atoms with van der Waals surface area (Å²) < 4.78 is 40.0. The molecule has 0 atom stereocenters. The van der Waals surface area contributed by atoms with E-state index in [0.29, 0.717) is 4.90 Å². The molecule has 5 heteroatoms. The summed E-state index contributed by atoms with van der Waals surface area (Å²) in [6, 6.07) is 8.01. The van der Waals surface area contributed by atoms with Crippen molar-refractivity contribution < 1.29 is 13.2 Å². The first kappa shape index (κ1) is 14.8. The molecule has 0 saturated carbocycles. The number of thioether (sulfide) groups is 1. The second-order valence-corrected chi connectivity index (χ2v) is 6.59. The van der Waals surface area contributed by atoms with Gasteiger partial charge in [0.05, 0.1) is 5.69 Å². The van der Waals surface area contributed by atoms with E-state index in [4.69, 9.17) is 5.73 Å². The van der Waals surface area contributed by atoms with E-state index in [-0.39, 0.29) is 11.3 Å². The third-order valence-electron chi connectivity index (χ3n) is 2.91. The van der Waals surface area contributed by atoms with Crippen LogP contribution in [0.5, 0.6) is 0 Å². The van der Waals surface area contributed by atoms with Crippen LogP contribution in [0.2, 0.25) is 0 Å². The minimum atomic E-state index is -0.848. The van der Waals surface area contributed by atoms with Gasteiger partial charge in [-0.2, -0.15) is 0 Å². The highest BCUT2D eigenvalue weighted by Crippen LogP contribution is 2.43. The monoisotopic (exact) mass is 297 g/mol. The standard InChI is InChI=1S/C15H14F3NS/c1-15(2,14-11(17)4-3-5-12(14)18)20-9-6-7-10(16)13(19)8-9/h3-8H,19H2,1-2H3. The molecule has 1 nitrogen and oxygen atoms in total. The lowest BCUT2D eigenvalue weighted by atomic mass is 10.0. The zero-order valence-corrected chi connectivity index (χ0v) is 11.9. The van der Waals surface area contributed by atoms with Gasteiger partial charge in [0, 0.05) is 15.2 Å². The first-order valence-electron chi connectivity index (χ1n) is 6.00. The maximum atomic E-state index is 13.9. The van der Waals surface area contributed by atoms with Crippen molar-refractivity contribution >= 4 is 17.4 Å². The van der Waals surface area contributed by atoms with Crippen LogP contribution in [-0.4, -0.2) is 0 Å². The van der Waals surface area contributed by atoms with E-state index in [0.717, 1.165) is 0 Å².